The molecule has 0 aliphatic heterocycles. The van der Waals surface area contributed by atoms with Crippen LogP contribution in [0.25, 0.3) is 0 Å². The smallest absolute Gasteiger partial charge is 0.337 e. The number of nitrogens with one attached hydrogen (secondary N) is 1. The Labute approximate surface area is 128 Å². The lowest BCUT2D eigenvalue weighted by Crippen LogP contribution is -2.05. The predicted molar refractivity (Wildman–Crippen MR) is 85.3 cm³/mol. The van der Waals surface area contributed by atoms with Gasteiger partial charge in [-0.05, 0) is 59.0 Å². The van der Waals surface area contributed by atoms with Crippen molar-refractivity contribution in [1.29, 1.82) is 0 Å². The van der Waals surface area contributed by atoms with Crippen LogP contribution in [0.3, 0.4) is 0 Å². The summed E-state index contributed by atoms with van der Waals surface area (Å²) in [6.45, 7) is 0. The summed E-state index contributed by atoms with van der Waals surface area (Å²) >= 11 is 8.24. The van der Waals surface area contributed by atoms with Gasteiger partial charge in [0.15, 0.2) is 0 Å². The van der Waals surface area contributed by atoms with Gasteiger partial charge in [0.1, 0.15) is 0 Å². The third-order valence-corrected chi connectivity index (χ3v) is 3.47. The van der Waals surface area contributed by atoms with Crippen LogP contribution in [-0.2, 0) is 0 Å². The highest BCUT2D eigenvalue weighted by molar-refractivity contribution is 14.1. The van der Waals surface area contributed by atoms with E-state index in [2.05, 4.69) is 27.9 Å². The largest absolute Gasteiger partial charge is 0.478 e. The lowest BCUT2D eigenvalue weighted by Gasteiger charge is -2.12. The number of carbonyl (C=O) groups is 1. The lowest BCUT2D eigenvalue weighted by molar-refractivity contribution is 0.0698. The number of anilines is 3. The van der Waals surface area contributed by atoms with Crippen molar-refractivity contribution in [2.24, 2.45) is 0 Å². The molecule has 0 saturated heterocycles. The molecule has 4 N–H and O–H groups in total. The van der Waals surface area contributed by atoms with E-state index in [4.69, 9.17) is 17.3 Å². The monoisotopic (exact) mass is 388 g/mol. The fourth-order valence-corrected chi connectivity index (χ4v) is 2.24. The van der Waals surface area contributed by atoms with Crippen LogP contribution in [0.5, 0.6) is 0 Å². The number of nitrogens with two attached hydrogens (primary N) is 1. The van der Waals surface area contributed by atoms with Crippen LogP contribution in [0.2, 0.25) is 5.02 Å². The van der Waals surface area contributed by atoms with E-state index in [-0.39, 0.29) is 10.6 Å². The molecular formula is C13H10ClIN2O2. The Morgan fingerprint density at radius 3 is 2.47 bits per heavy atom. The zero-order valence-corrected chi connectivity index (χ0v) is 12.6. The molecule has 0 spiro atoms. The van der Waals surface area contributed by atoms with E-state index in [0.717, 1.165) is 9.26 Å². The molecule has 98 valence electrons. The van der Waals surface area contributed by atoms with Gasteiger partial charge in [-0.15, -0.1) is 0 Å². The van der Waals surface area contributed by atoms with Crippen molar-refractivity contribution >= 4 is 57.2 Å². The molecule has 0 amide bonds. The van der Waals surface area contributed by atoms with Gasteiger partial charge in [0.25, 0.3) is 0 Å². The van der Waals surface area contributed by atoms with Crippen LogP contribution in [0.4, 0.5) is 17.1 Å². The number of aromatic carboxylic acids is 1. The highest BCUT2D eigenvalue weighted by Crippen LogP contribution is 2.32. The topological polar surface area (TPSA) is 75.3 Å². The highest BCUT2D eigenvalue weighted by atomic mass is 127. The molecule has 0 aromatic heterocycles. The Morgan fingerprint density at radius 2 is 1.89 bits per heavy atom. The summed E-state index contributed by atoms with van der Waals surface area (Å²) in [5.41, 5.74) is 7.06. The first-order valence-electron chi connectivity index (χ1n) is 5.32. The van der Waals surface area contributed by atoms with Crippen LogP contribution in [0.15, 0.2) is 36.4 Å². The number of rotatable bonds is 3. The molecule has 2 rings (SSSR count). The fraction of sp³-hybridized carbons (Fsp3) is 0. The molecule has 0 aliphatic rings. The van der Waals surface area contributed by atoms with E-state index >= 15 is 0 Å². The van der Waals surface area contributed by atoms with Crippen LogP contribution < -0.4 is 11.1 Å². The molecule has 6 heteroatoms. The van der Waals surface area contributed by atoms with Crippen LogP contribution in [0.1, 0.15) is 10.4 Å². The van der Waals surface area contributed by atoms with Crippen molar-refractivity contribution in [2.45, 2.75) is 0 Å². The van der Waals surface area contributed by atoms with E-state index in [1.54, 1.807) is 0 Å². The molecular weight excluding hydrogens is 379 g/mol. The van der Waals surface area contributed by atoms with Crippen LogP contribution in [0, 0.1) is 3.57 Å². The van der Waals surface area contributed by atoms with Gasteiger partial charge >= 0.3 is 5.97 Å². The molecule has 0 radical (unpaired) electrons. The van der Waals surface area contributed by atoms with Gasteiger partial charge < -0.3 is 16.2 Å². The first-order chi connectivity index (χ1) is 8.97. The number of halogens is 2. The van der Waals surface area contributed by atoms with Gasteiger partial charge in [-0.2, -0.15) is 0 Å². The summed E-state index contributed by atoms with van der Waals surface area (Å²) in [4.78, 5) is 11.2. The minimum atomic E-state index is -1.08. The van der Waals surface area contributed by atoms with E-state index in [1.165, 1.54) is 12.1 Å². The van der Waals surface area contributed by atoms with Crippen molar-refractivity contribution in [3.05, 3.63) is 50.6 Å². The maximum absolute atomic E-state index is 11.2. The molecule has 0 unspecified atom stereocenters. The predicted octanol–water partition coefficient (Wildman–Crippen LogP) is 3.97. The Bertz CT molecular complexity index is 629. The van der Waals surface area contributed by atoms with Crippen molar-refractivity contribution in [3.63, 3.8) is 0 Å². The van der Waals surface area contributed by atoms with Crippen LogP contribution in [-0.4, -0.2) is 11.1 Å². The van der Waals surface area contributed by atoms with E-state index in [0.29, 0.717) is 11.4 Å². The van der Waals surface area contributed by atoms with Gasteiger partial charge in [-0.25, -0.2) is 4.79 Å². The molecule has 0 heterocycles. The zero-order valence-electron chi connectivity index (χ0n) is 9.65. The first-order valence-corrected chi connectivity index (χ1v) is 6.78. The summed E-state index contributed by atoms with van der Waals surface area (Å²) in [6.07, 6.45) is 0. The number of hydrogen-bond acceptors (Lipinski definition) is 3. The Kier molecular flexibility index (Phi) is 4.16. The van der Waals surface area contributed by atoms with Gasteiger partial charge in [0, 0.05) is 14.9 Å². The second kappa shape index (κ2) is 5.66. The molecule has 19 heavy (non-hydrogen) atoms. The van der Waals surface area contributed by atoms with Gasteiger partial charge in [0.2, 0.25) is 0 Å². The summed E-state index contributed by atoms with van der Waals surface area (Å²) in [6, 6.07) is 10.4. The summed E-state index contributed by atoms with van der Waals surface area (Å²) in [7, 11) is 0. The highest BCUT2D eigenvalue weighted by Gasteiger charge is 2.15. The van der Waals surface area contributed by atoms with E-state index < -0.39 is 5.97 Å². The van der Waals surface area contributed by atoms with E-state index in [9.17, 15) is 9.90 Å². The van der Waals surface area contributed by atoms with Crippen molar-refractivity contribution in [3.8, 4) is 0 Å². The molecule has 0 atom stereocenters. The maximum Gasteiger partial charge on any atom is 0.337 e. The first kappa shape index (κ1) is 14.0. The molecule has 2 aromatic carbocycles. The fourth-order valence-electron chi connectivity index (χ4n) is 1.60. The van der Waals surface area contributed by atoms with Gasteiger partial charge in [-0.3, -0.25) is 0 Å². The minimum Gasteiger partial charge on any atom is -0.478 e. The lowest BCUT2D eigenvalue weighted by atomic mass is 10.1. The normalized spacial score (nSPS) is 10.2. The number of benzene rings is 2. The number of hydrogen-bond donors (Lipinski definition) is 3. The third-order valence-electron chi connectivity index (χ3n) is 2.46. The van der Waals surface area contributed by atoms with Crippen molar-refractivity contribution < 1.29 is 9.90 Å². The molecule has 0 saturated carbocycles. The second-order valence-electron chi connectivity index (χ2n) is 3.86. The summed E-state index contributed by atoms with van der Waals surface area (Å²) < 4.78 is 1.09. The average Bonchev–Trinajstić information content (AvgIpc) is 2.34. The second-order valence-corrected chi connectivity index (χ2v) is 5.52. The Balaban J connectivity index is 2.44. The molecule has 2 aromatic rings. The van der Waals surface area contributed by atoms with Crippen molar-refractivity contribution in [2.75, 3.05) is 11.1 Å². The summed E-state index contributed by atoms with van der Waals surface area (Å²) in [5, 5.41) is 12.5. The van der Waals surface area contributed by atoms with Gasteiger partial charge in [-0.1, -0.05) is 11.6 Å². The molecule has 0 fully saturated rings. The molecule has 0 bridgehead atoms. The quantitative estimate of drug-likeness (QED) is 0.549. The number of nitrogen functional groups attached to an aromatic ring is 1. The maximum atomic E-state index is 11.2. The number of carboxylic acids is 1. The Morgan fingerprint density at radius 1 is 1.26 bits per heavy atom. The molecule has 0 aliphatic carbocycles. The summed E-state index contributed by atoms with van der Waals surface area (Å²) in [5.74, 6) is -1.08. The standard InChI is InChI=1S/C13H10ClIN2O2/c14-11-6-8(16)5-10(13(18)19)12(11)17-9-3-1-7(15)2-4-9/h1-6,17H,16H2,(H,18,19). The Hall–Kier alpha value is -1.47. The van der Waals surface area contributed by atoms with E-state index in [1.807, 2.05) is 24.3 Å². The zero-order chi connectivity index (χ0) is 14.0. The minimum absolute atomic E-state index is 0.0450. The van der Waals surface area contributed by atoms with Crippen molar-refractivity contribution in [1.82, 2.24) is 0 Å². The third kappa shape index (κ3) is 3.30. The SMILES string of the molecule is Nc1cc(Cl)c(Nc2ccc(I)cc2)c(C(=O)O)c1. The molecule has 4 nitrogen and oxygen atoms in total. The number of carboxylic acid groups (broad SMARTS) is 1. The van der Waals surface area contributed by atoms with Gasteiger partial charge in [0.05, 0.1) is 16.3 Å². The average molecular weight is 389 g/mol. The van der Waals surface area contributed by atoms with Crippen LogP contribution >= 0.6 is 34.2 Å².